The predicted octanol–water partition coefficient (Wildman–Crippen LogP) is 3.54. The molecule has 3 rings (SSSR count). The summed E-state index contributed by atoms with van der Waals surface area (Å²) in [6.45, 7) is 3.65. The summed E-state index contributed by atoms with van der Waals surface area (Å²) in [5, 5.41) is 3.35. The number of hydrogen-bond donors (Lipinski definition) is 1. The van der Waals surface area contributed by atoms with Crippen LogP contribution in [-0.2, 0) is 0 Å². The van der Waals surface area contributed by atoms with Crippen LogP contribution in [0.25, 0.3) is 0 Å². The first kappa shape index (κ1) is 15.7. The van der Waals surface area contributed by atoms with Crippen molar-refractivity contribution < 1.29 is 9.13 Å². The van der Waals surface area contributed by atoms with Gasteiger partial charge in [-0.1, -0.05) is 11.6 Å². The second-order valence-electron chi connectivity index (χ2n) is 5.22. The molecule has 1 atom stereocenters. The van der Waals surface area contributed by atoms with Gasteiger partial charge in [-0.3, -0.25) is 4.90 Å². The van der Waals surface area contributed by atoms with E-state index in [1.165, 1.54) is 17.4 Å². The van der Waals surface area contributed by atoms with E-state index in [1.54, 1.807) is 19.2 Å². The van der Waals surface area contributed by atoms with Crippen LogP contribution in [0.15, 0.2) is 30.3 Å². The molecule has 1 fully saturated rings. The molecule has 1 aromatic heterocycles. The predicted molar refractivity (Wildman–Crippen MR) is 88.6 cm³/mol. The molecule has 1 aliphatic rings. The Morgan fingerprint density at radius 2 is 2.05 bits per heavy atom. The molecule has 118 valence electrons. The van der Waals surface area contributed by atoms with Gasteiger partial charge < -0.3 is 10.1 Å². The van der Waals surface area contributed by atoms with Crippen molar-refractivity contribution in [2.45, 2.75) is 6.04 Å². The quantitative estimate of drug-likeness (QED) is 0.921. The lowest BCUT2D eigenvalue weighted by Crippen LogP contribution is -2.45. The first-order valence-corrected chi connectivity index (χ1v) is 8.42. The van der Waals surface area contributed by atoms with Crippen LogP contribution in [0.3, 0.4) is 0 Å². The summed E-state index contributed by atoms with van der Waals surface area (Å²) in [7, 11) is 1.62. The third-order valence-corrected chi connectivity index (χ3v) is 5.15. The maximum atomic E-state index is 13.8. The zero-order valence-corrected chi connectivity index (χ0v) is 13.9. The molecule has 0 saturated carbocycles. The molecule has 2 heterocycles. The molecule has 1 N–H and O–H groups in total. The minimum absolute atomic E-state index is 0.0368. The standard InChI is InChI=1S/C16H18ClFN2OS/c1-21-13-3-2-11(18)10-12(13)16(14-4-5-15(17)22-14)20-8-6-19-7-9-20/h2-5,10,16,19H,6-9H2,1H3/t16-/m1/s1. The molecule has 0 bridgehead atoms. The van der Waals surface area contributed by atoms with Gasteiger partial charge in [0, 0.05) is 36.6 Å². The second kappa shape index (κ2) is 6.96. The van der Waals surface area contributed by atoms with Gasteiger partial charge in [-0.25, -0.2) is 4.39 Å². The summed E-state index contributed by atoms with van der Waals surface area (Å²) in [4.78, 5) is 3.45. The lowest BCUT2D eigenvalue weighted by Gasteiger charge is -2.35. The molecule has 3 nitrogen and oxygen atoms in total. The fourth-order valence-electron chi connectivity index (χ4n) is 2.86. The van der Waals surface area contributed by atoms with Gasteiger partial charge in [0.1, 0.15) is 11.6 Å². The topological polar surface area (TPSA) is 24.5 Å². The van der Waals surface area contributed by atoms with Gasteiger partial charge >= 0.3 is 0 Å². The average molecular weight is 341 g/mol. The molecule has 0 aliphatic carbocycles. The summed E-state index contributed by atoms with van der Waals surface area (Å²) in [5.74, 6) is 0.452. The van der Waals surface area contributed by atoms with Crippen molar-refractivity contribution in [3.05, 3.63) is 50.9 Å². The van der Waals surface area contributed by atoms with Crippen molar-refractivity contribution >= 4 is 22.9 Å². The number of nitrogens with one attached hydrogen (secondary N) is 1. The number of methoxy groups -OCH3 is 1. The van der Waals surface area contributed by atoms with Gasteiger partial charge in [-0.15, -0.1) is 11.3 Å². The highest BCUT2D eigenvalue weighted by atomic mass is 35.5. The van der Waals surface area contributed by atoms with E-state index >= 15 is 0 Å². The summed E-state index contributed by atoms with van der Waals surface area (Å²) >= 11 is 7.65. The Morgan fingerprint density at radius 1 is 1.27 bits per heavy atom. The summed E-state index contributed by atoms with van der Waals surface area (Å²) < 4.78 is 20.0. The Labute approximate surface area is 138 Å². The molecule has 0 radical (unpaired) electrons. The summed E-state index contributed by atoms with van der Waals surface area (Å²) in [6, 6.07) is 8.56. The molecule has 0 spiro atoms. The van der Waals surface area contributed by atoms with Gasteiger partial charge in [-0.05, 0) is 30.3 Å². The number of ether oxygens (including phenoxy) is 1. The first-order valence-electron chi connectivity index (χ1n) is 7.22. The van der Waals surface area contributed by atoms with Crippen molar-refractivity contribution in [1.82, 2.24) is 10.2 Å². The van der Waals surface area contributed by atoms with Crippen LogP contribution in [0.1, 0.15) is 16.5 Å². The third kappa shape index (κ3) is 3.27. The van der Waals surface area contributed by atoms with Crippen molar-refractivity contribution in [2.75, 3.05) is 33.3 Å². The average Bonchev–Trinajstić information content (AvgIpc) is 2.95. The van der Waals surface area contributed by atoms with E-state index in [1.807, 2.05) is 12.1 Å². The Balaban J connectivity index is 2.06. The highest BCUT2D eigenvalue weighted by Gasteiger charge is 2.28. The van der Waals surface area contributed by atoms with Crippen LogP contribution in [0.2, 0.25) is 4.34 Å². The van der Waals surface area contributed by atoms with E-state index in [4.69, 9.17) is 16.3 Å². The maximum absolute atomic E-state index is 13.8. The van der Waals surface area contributed by atoms with Crippen molar-refractivity contribution in [1.29, 1.82) is 0 Å². The van der Waals surface area contributed by atoms with Crippen LogP contribution >= 0.6 is 22.9 Å². The molecule has 0 unspecified atom stereocenters. The Morgan fingerprint density at radius 3 is 2.68 bits per heavy atom. The normalized spacial score (nSPS) is 17.4. The molecular formula is C16H18ClFN2OS. The van der Waals surface area contributed by atoms with E-state index in [0.29, 0.717) is 5.75 Å². The fraction of sp³-hybridized carbons (Fsp3) is 0.375. The van der Waals surface area contributed by atoms with E-state index in [0.717, 1.165) is 41.0 Å². The van der Waals surface area contributed by atoms with E-state index in [9.17, 15) is 4.39 Å². The maximum Gasteiger partial charge on any atom is 0.124 e. The molecule has 1 aliphatic heterocycles. The lowest BCUT2D eigenvalue weighted by atomic mass is 10.0. The minimum atomic E-state index is -0.251. The second-order valence-corrected chi connectivity index (χ2v) is 6.96. The number of nitrogens with zero attached hydrogens (tertiary/aromatic N) is 1. The fourth-order valence-corrected chi connectivity index (χ4v) is 4.08. The van der Waals surface area contributed by atoms with Crippen LogP contribution in [0.5, 0.6) is 5.75 Å². The third-order valence-electron chi connectivity index (χ3n) is 3.87. The van der Waals surface area contributed by atoms with Crippen molar-refractivity contribution in [3.8, 4) is 5.75 Å². The molecule has 2 aromatic rings. The van der Waals surface area contributed by atoms with Gasteiger partial charge in [0.25, 0.3) is 0 Å². The van der Waals surface area contributed by atoms with Crippen LogP contribution in [-0.4, -0.2) is 38.2 Å². The molecule has 0 amide bonds. The van der Waals surface area contributed by atoms with Gasteiger partial charge in [0.05, 0.1) is 17.5 Å². The molecule has 1 aromatic carbocycles. The number of rotatable bonds is 4. The van der Waals surface area contributed by atoms with Crippen molar-refractivity contribution in [3.63, 3.8) is 0 Å². The highest BCUT2D eigenvalue weighted by Crippen LogP contribution is 2.39. The molecule has 22 heavy (non-hydrogen) atoms. The van der Waals surface area contributed by atoms with Crippen LogP contribution in [0, 0.1) is 5.82 Å². The number of benzene rings is 1. The number of thiophene rings is 1. The van der Waals surface area contributed by atoms with E-state index in [-0.39, 0.29) is 11.9 Å². The zero-order valence-electron chi connectivity index (χ0n) is 12.3. The first-order chi connectivity index (χ1) is 10.7. The molecule has 6 heteroatoms. The van der Waals surface area contributed by atoms with Crippen LogP contribution in [0.4, 0.5) is 4.39 Å². The monoisotopic (exact) mass is 340 g/mol. The lowest BCUT2D eigenvalue weighted by molar-refractivity contribution is 0.197. The van der Waals surface area contributed by atoms with E-state index < -0.39 is 0 Å². The Hall–Kier alpha value is -1.14. The summed E-state index contributed by atoms with van der Waals surface area (Å²) in [5.41, 5.74) is 0.850. The SMILES string of the molecule is COc1ccc(F)cc1[C@H](c1ccc(Cl)s1)N1CCNCC1. The molecule has 1 saturated heterocycles. The number of hydrogen-bond acceptors (Lipinski definition) is 4. The highest BCUT2D eigenvalue weighted by molar-refractivity contribution is 7.16. The largest absolute Gasteiger partial charge is 0.496 e. The van der Waals surface area contributed by atoms with Gasteiger partial charge in [0.15, 0.2) is 0 Å². The Kier molecular flexibility index (Phi) is 4.98. The number of halogens is 2. The minimum Gasteiger partial charge on any atom is -0.496 e. The van der Waals surface area contributed by atoms with E-state index in [2.05, 4.69) is 10.2 Å². The summed E-state index contributed by atoms with van der Waals surface area (Å²) in [6.07, 6.45) is 0. The number of piperazine rings is 1. The Bertz CT molecular complexity index is 643. The smallest absolute Gasteiger partial charge is 0.124 e. The zero-order chi connectivity index (χ0) is 15.5. The van der Waals surface area contributed by atoms with Gasteiger partial charge in [-0.2, -0.15) is 0 Å². The molecular weight excluding hydrogens is 323 g/mol. The van der Waals surface area contributed by atoms with Crippen molar-refractivity contribution in [2.24, 2.45) is 0 Å². The van der Waals surface area contributed by atoms with Gasteiger partial charge in [0.2, 0.25) is 0 Å². The van der Waals surface area contributed by atoms with Crippen LogP contribution < -0.4 is 10.1 Å².